The summed E-state index contributed by atoms with van der Waals surface area (Å²) in [6, 6.07) is 1.97. The monoisotopic (exact) mass is 203 g/mol. The molecule has 0 aliphatic carbocycles. The van der Waals surface area contributed by atoms with Gasteiger partial charge in [0.2, 0.25) is 0 Å². The van der Waals surface area contributed by atoms with Gasteiger partial charge >= 0.3 is 0 Å². The molecule has 15 heavy (non-hydrogen) atoms. The van der Waals surface area contributed by atoms with Gasteiger partial charge in [0.15, 0.2) is 5.82 Å². The summed E-state index contributed by atoms with van der Waals surface area (Å²) < 4.78 is 0. The Labute approximate surface area is 88.0 Å². The molecular weight excluding hydrogens is 190 g/mol. The molecule has 2 aromatic rings. The van der Waals surface area contributed by atoms with Crippen LogP contribution in [0, 0.1) is 0 Å². The van der Waals surface area contributed by atoms with Gasteiger partial charge in [0.25, 0.3) is 0 Å². The van der Waals surface area contributed by atoms with Crippen LogP contribution >= 0.6 is 0 Å². The molecule has 0 unspecified atom stereocenters. The number of rotatable bonds is 3. The number of H-pyrrole nitrogens is 1. The molecule has 0 radical (unpaired) electrons. The van der Waals surface area contributed by atoms with E-state index in [-0.39, 0.29) is 0 Å². The van der Waals surface area contributed by atoms with Gasteiger partial charge in [-0.3, -0.25) is 10.1 Å². The lowest BCUT2D eigenvalue weighted by atomic mass is 10.1. The summed E-state index contributed by atoms with van der Waals surface area (Å²) in [5.41, 5.74) is 1.10. The van der Waals surface area contributed by atoms with Crippen molar-refractivity contribution in [2.45, 2.75) is 19.8 Å². The lowest BCUT2D eigenvalue weighted by Gasteiger charge is -1.99. The molecule has 2 rings (SSSR count). The zero-order valence-corrected chi connectivity index (χ0v) is 8.73. The highest BCUT2D eigenvalue weighted by Gasteiger charge is 2.04. The molecule has 0 bridgehead atoms. The standard InChI is InChI=1S/C10H13N5/c1-7(2)8-5-9(15-14-8)13-10-6-11-3-4-12-10/h3-7H,1-2H3,(H2,12,13,14,15). The Morgan fingerprint density at radius 3 is 2.73 bits per heavy atom. The van der Waals surface area contributed by atoms with Crippen molar-refractivity contribution < 1.29 is 0 Å². The topological polar surface area (TPSA) is 66.5 Å². The summed E-state index contributed by atoms with van der Waals surface area (Å²) in [6.07, 6.45) is 4.93. The fraction of sp³-hybridized carbons (Fsp3) is 0.300. The smallest absolute Gasteiger partial charge is 0.153 e. The van der Waals surface area contributed by atoms with Crippen LogP contribution in [0.3, 0.4) is 0 Å². The van der Waals surface area contributed by atoms with Crippen molar-refractivity contribution in [2.75, 3.05) is 5.32 Å². The molecule has 0 amide bonds. The van der Waals surface area contributed by atoms with Crippen LogP contribution in [0.5, 0.6) is 0 Å². The molecule has 0 saturated carbocycles. The lowest BCUT2D eigenvalue weighted by Crippen LogP contribution is -1.93. The number of aromatic nitrogens is 4. The maximum Gasteiger partial charge on any atom is 0.153 e. The van der Waals surface area contributed by atoms with Gasteiger partial charge in [-0.15, -0.1) is 0 Å². The maximum atomic E-state index is 4.13. The molecule has 5 heteroatoms. The van der Waals surface area contributed by atoms with Crippen molar-refractivity contribution in [3.63, 3.8) is 0 Å². The number of hydrogen-bond donors (Lipinski definition) is 2. The molecule has 0 aliphatic heterocycles. The maximum absolute atomic E-state index is 4.13. The largest absolute Gasteiger partial charge is 0.322 e. The van der Waals surface area contributed by atoms with Gasteiger partial charge in [0.05, 0.1) is 6.20 Å². The van der Waals surface area contributed by atoms with E-state index in [0.29, 0.717) is 11.7 Å². The SMILES string of the molecule is CC(C)c1cc(Nc2cnccn2)n[nH]1. The molecule has 0 spiro atoms. The number of nitrogens with one attached hydrogen (secondary N) is 2. The van der Waals surface area contributed by atoms with Crippen LogP contribution < -0.4 is 5.32 Å². The van der Waals surface area contributed by atoms with E-state index >= 15 is 0 Å². The summed E-state index contributed by atoms with van der Waals surface area (Å²) in [4.78, 5) is 8.06. The number of anilines is 2. The third-order valence-corrected chi connectivity index (χ3v) is 2.04. The normalized spacial score (nSPS) is 10.6. The average molecular weight is 203 g/mol. The van der Waals surface area contributed by atoms with Crippen LogP contribution in [0.4, 0.5) is 11.6 Å². The van der Waals surface area contributed by atoms with Crippen molar-refractivity contribution in [1.29, 1.82) is 0 Å². The van der Waals surface area contributed by atoms with Crippen LogP contribution in [0.25, 0.3) is 0 Å². The van der Waals surface area contributed by atoms with Gasteiger partial charge in [0.1, 0.15) is 5.82 Å². The molecule has 0 aliphatic rings. The van der Waals surface area contributed by atoms with Crippen molar-refractivity contribution in [3.8, 4) is 0 Å². The predicted molar refractivity (Wildman–Crippen MR) is 58.0 cm³/mol. The van der Waals surface area contributed by atoms with Crippen molar-refractivity contribution >= 4 is 11.6 Å². The first kappa shape index (κ1) is 9.64. The van der Waals surface area contributed by atoms with Gasteiger partial charge < -0.3 is 5.32 Å². The summed E-state index contributed by atoms with van der Waals surface area (Å²) >= 11 is 0. The Kier molecular flexibility index (Phi) is 2.62. The first-order chi connectivity index (χ1) is 7.25. The molecule has 2 N–H and O–H groups in total. The van der Waals surface area contributed by atoms with Gasteiger partial charge in [-0.25, -0.2) is 4.98 Å². The summed E-state index contributed by atoms with van der Waals surface area (Å²) in [6.45, 7) is 4.22. The van der Waals surface area contributed by atoms with Crippen LogP contribution in [0.15, 0.2) is 24.7 Å². The Balaban J connectivity index is 2.12. The van der Waals surface area contributed by atoms with E-state index in [0.717, 1.165) is 11.5 Å². The zero-order valence-electron chi connectivity index (χ0n) is 8.73. The minimum absolute atomic E-state index is 0.440. The Morgan fingerprint density at radius 2 is 2.13 bits per heavy atom. The fourth-order valence-electron chi connectivity index (χ4n) is 1.19. The van der Waals surface area contributed by atoms with Crippen LogP contribution in [-0.2, 0) is 0 Å². The molecule has 5 nitrogen and oxygen atoms in total. The summed E-state index contributed by atoms with van der Waals surface area (Å²) in [5, 5.41) is 10.2. The molecule has 2 aromatic heterocycles. The van der Waals surface area contributed by atoms with Gasteiger partial charge in [-0.2, -0.15) is 5.10 Å². The van der Waals surface area contributed by atoms with Crippen molar-refractivity contribution in [3.05, 3.63) is 30.4 Å². The zero-order chi connectivity index (χ0) is 10.7. The van der Waals surface area contributed by atoms with E-state index in [1.807, 2.05) is 6.07 Å². The predicted octanol–water partition coefficient (Wildman–Crippen LogP) is 2.07. The number of hydrogen-bond acceptors (Lipinski definition) is 4. The number of nitrogens with zero attached hydrogens (tertiary/aromatic N) is 3. The van der Waals surface area contributed by atoms with E-state index in [1.165, 1.54) is 0 Å². The van der Waals surface area contributed by atoms with Gasteiger partial charge in [-0.1, -0.05) is 13.8 Å². The molecule has 0 atom stereocenters. The highest BCUT2D eigenvalue weighted by molar-refractivity contribution is 5.50. The van der Waals surface area contributed by atoms with Gasteiger partial charge in [0, 0.05) is 24.2 Å². The van der Waals surface area contributed by atoms with Gasteiger partial charge in [-0.05, 0) is 5.92 Å². The van der Waals surface area contributed by atoms with E-state index in [9.17, 15) is 0 Å². The number of aromatic amines is 1. The fourth-order valence-corrected chi connectivity index (χ4v) is 1.19. The van der Waals surface area contributed by atoms with Crippen LogP contribution in [0.2, 0.25) is 0 Å². The quantitative estimate of drug-likeness (QED) is 0.801. The Hall–Kier alpha value is -1.91. The lowest BCUT2D eigenvalue weighted by molar-refractivity contribution is 0.811. The first-order valence-electron chi connectivity index (χ1n) is 4.84. The van der Waals surface area contributed by atoms with Crippen molar-refractivity contribution in [2.24, 2.45) is 0 Å². The second-order valence-electron chi connectivity index (χ2n) is 3.58. The molecule has 78 valence electrons. The second-order valence-corrected chi connectivity index (χ2v) is 3.58. The first-order valence-corrected chi connectivity index (χ1v) is 4.84. The Morgan fingerprint density at radius 1 is 1.27 bits per heavy atom. The molecular formula is C10H13N5. The highest BCUT2D eigenvalue weighted by atomic mass is 15.2. The van der Waals surface area contributed by atoms with Crippen LogP contribution in [0.1, 0.15) is 25.5 Å². The van der Waals surface area contributed by atoms with E-state index in [4.69, 9.17) is 0 Å². The molecule has 2 heterocycles. The van der Waals surface area contributed by atoms with E-state index in [2.05, 4.69) is 39.3 Å². The Bertz CT molecular complexity index is 420. The average Bonchev–Trinajstić information content (AvgIpc) is 2.68. The third-order valence-electron chi connectivity index (χ3n) is 2.04. The minimum atomic E-state index is 0.440. The minimum Gasteiger partial charge on any atom is -0.322 e. The summed E-state index contributed by atoms with van der Waals surface area (Å²) in [5.74, 6) is 1.90. The van der Waals surface area contributed by atoms with E-state index < -0.39 is 0 Å². The second kappa shape index (κ2) is 4.08. The molecule has 0 saturated heterocycles. The third kappa shape index (κ3) is 2.31. The highest BCUT2D eigenvalue weighted by Crippen LogP contribution is 2.16. The van der Waals surface area contributed by atoms with E-state index in [1.54, 1.807) is 18.6 Å². The summed E-state index contributed by atoms with van der Waals surface area (Å²) in [7, 11) is 0. The molecule has 0 aromatic carbocycles. The molecule has 0 fully saturated rings. The van der Waals surface area contributed by atoms with Crippen molar-refractivity contribution in [1.82, 2.24) is 20.2 Å². The van der Waals surface area contributed by atoms with Crippen LogP contribution in [-0.4, -0.2) is 20.2 Å².